The lowest BCUT2D eigenvalue weighted by Gasteiger charge is -2.28. The Balaban J connectivity index is 1.82. The second-order valence-corrected chi connectivity index (χ2v) is 4.60. The highest BCUT2D eigenvalue weighted by atomic mass is 16.1. The van der Waals surface area contributed by atoms with E-state index in [9.17, 15) is 4.79 Å². The van der Waals surface area contributed by atoms with Gasteiger partial charge < -0.3 is 5.32 Å². The van der Waals surface area contributed by atoms with Crippen molar-refractivity contribution in [2.75, 3.05) is 0 Å². The third kappa shape index (κ3) is 2.16. The molecular formula is C12H17NO. The number of Topliss-reactive ketones (excluding diaryl/α,β-unsaturated/α-hetero) is 1. The number of ketones is 1. The lowest BCUT2D eigenvalue weighted by atomic mass is 9.88. The molecule has 76 valence electrons. The maximum Gasteiger partial charge on any atom is 0.145 e. The number of hydrogen-bond donors (Lipinski definition) is 1. The van der Waals surface area contributed by atoms with Gasteiger partial charge in [0.15, 0.2) is 0 Å². The largest absolute Gasteiger partial charge is 0.311 e. The van der Waals surface area contributed by atoms with Crippen molar-refractivity contribution >= 4 is 5.78 Å². The van der Waals surface area contributed by atoms with E-state index in [4.69, 9.17) is 6.42 Å². The molecule has 0 spiro atoms. The lowest BCUT2D eigenvalue weighted by Crippen LogP contribution is -2.38. The van der Waals surface area contributed by atoms with Gasteiger partial charge in [0, 0.05) is 18.5 Å². The molecule has 2 unspecified atom stereocenters. The third-order valence-electron chi connectivity index (χ3n) is 3.39. The van der Waals surface area contributed by atoms with Crippen molar-refractivity contribution in [2.24, 2.45) is 5.92 Å². The topological polar surface area (TPSA) is 29.1 Å². The normalized spacial score (nSPS) is 35.2. The maximum absolute atomic E-state index is 11.4. The first-order valence-corrected chi connectivity index (χ1v) is 5.49. The number of carbonyl (C=O) groups is 1. The van der Waals surface area contributed by atoms with Crippen molar-refractivity contribution in [3.8, 4) is 12.3 Å². The van der Waals surface area contributed by atoms with E-state index < -0.39 is 0 Å². The van der Waals surface area contributed by atoms with E-state index in [1.54, 1.807) is 0 Å². The summed E-state index contributed by atoms with van der Waals surface area (Å²) in [5, 5.41) is 3.57. The molecule has 2 heterocycles. The predicted octanol–water partition coefficient (Wildman–Crippen LogP) is 1.50. The van der Waals surface area contributed by atoms with Crippen LogP contribution in [0.5, 0.6) is 0 Å². The molecule has 0 saturated carbocycles. The van der Waals surface area contributed by atoms with Crippen LogP contribution < -0.4 is 5.32 Å². The molecule has 2 atom stereocenters. The minimum atomic E-state index is 0.249. The van der Waals surface area contributed by atoms with Gasteiger partial charge in [0.2, 0.25) is 0 Å². The molecular weight excluding hydrogens is 174 g/mol. The summed E-state index contributed by atoms with van der Waals surface area (Å²) in [6.45, 7) is 0. The molecule has 14 heavy (non-hydrogen) atoms. The van der Waals surface area contributed by atoms with Gasteiger partial charge in [0.1, 0.15) is 5.78 Å². The zero-order chi connectivity index (χ0) is 9.97. The van der Waals surface area contributed by atoms with Gasteiger partial charge in [-0.3, -0.25) is 4.79 Å². The smallest absolute Gasteiger partial charge is 0.145 e. The number of terminal acetylenes is 1. The van der Waals surface area contributed by atoms with Gasteiger partial charge in [-0.2, -0.15) is 0 Å². The molecule has 2 aliphatic rings. The van der Waals surface area contributed by atoms with Crippen LogP contribution in [0.25, 0.3) is 0 Å². The minimum Gasteiger partial charge on any atom is -0.311 e. The molecule has 2 bridgehead atoms. The van der Waals surface area contributed by atoms with Crippen LogP contribution in [0.1, 0.15) is 38.5 Å². The molecule has 2 aliphatic heterocycles. The van der Waals surface area contributed by atoms with Crippen LogP contribution in [0.3, 0.4) is 0 Å². The molecule has 0 aromatic heterocycles. The Morgan fingerprint density at radius 1 is 1.36 bits per heavy atom. The number of carbonyl (C=O) groups excluding carboxylic acids is 1. The number of fused-ring (bicyclic) bond motifs is 2. The zero-order valence-corrected chi connectivity index (χ0v) is 8.46. The van der Waals surface area contributed by atoms with E-state index in [0.29, 0.717) is 30.8 Å². The third-order valence-corrected chi connectivity index (χ3v) is 3.39. The van der Waals surface area contributed by atoms with Crippen LogP contribution in [0.2, 0.25) is 0 Å². The number of nitrogens with one attached hydrogen (secondary N) is 1. The van der Waals surface area contributed by atoms with E-state index in [1.165, 1.54) is 25.7 Å². The Hall–Kier alpha value is -0.810. The Labute approximate surface area is 85.5 Å². The summed E-state index contributed by atoms with van der Waals surface area (Å²) in [6, 6.07) is 1.36. The first-order chi connectivity index (χ1) is 6.78. The highest BCUT2D eigenvalue weighted by Gasteiger charge is 2.33. The summed E-state index contributed by atoms with van der Waals surface area (Å²) in [5.74, 6) is 3.27. The molecule has 2 saturated heterocycles. The van der Waals surface area contributed by atoms with E-state index in [2.05, 4.69) is 11.2 Å². The van der Waals surface area contributed by atoms with Crippen LogP contribution in [0, 0.1) is 18.3 Å². The second-order valence-electron chi connectivity index (χ2n) is 4.60. The fourth-order valence-corrected chi connectivity index (χ4v) is 2.85. The number of hydrogen-bond acceptors (Lipinski definition) is 2. The SMILES string of the molecule is C#CCC(=O)CC1CC2CCC(C1)N2. The Morgan fingerprint density at radius 3 is 2.57 bits per heavy atom. The van der Waals surface area contributed by atoms with Crippen molar-refractivity contribution < 1.29 is 4.79 Å². The molecule has 2 heteroatoms. The summed E-state index contributed by atoms with van der Waals surface area (Å²) in [7, 11) is 0. The summed E-state index contributed by atoms with van der Waals surface area (Å²) < 4.78 is 0. The van der Waals surface area contributed by atoms with Crippen LogP contribution in [0.4, 0.5) is 0 Å². The van der Waals surface area contributed by atoms with Crippen molar-refractivity contribution in [2.45, 2.75) is 50.6 Å². The van der Waals surface area contributed by atoms with E-state index in [0.717, 1.165) is 0 Å². The highest BCUT2D eigenvalue weighted by Crippen LogP contribution is 2.32. The van der Waals surface area contributed by atoms with Gasteiger partial charge in [0.25, 0.3) is 0 Å². The quantitative estimate of drug-likeness (QED) is 0.685. The molecule has 0 aromatic carbocycles. The summed E-state index contributed by atoms with van der Waals surface area (Å²) in [6.07, 6.45) is 11.1. The van der Waals surface area contributed by atoms with Crippen LogP contribution >= 0.6 is 0 Å². The first kappa shape index (κ1) is 9.73. The molecule has 2 rings (SSSR count). The van der Waals surface area contributed by atoms with Crippen LogP contribution in [0.15, 0.2) is 0 Å². The number of piperidine rings is 1. The molecule has 0 radical (unpaired) electrons. The van der Waals surface area contributed by atoms with Gasteiger partial charge in [-0.25, -0.2) is 0 Å². The fraction of sp³-hybridized carbons (Fsp3) is 0.750. The summed E-state index contributed by atoms with van der Waals surface area (Å²) in [5.41, 5.74) is 0. The van der Waals surface area contributed by atoms with E-state index in [1.807, 2.05) is 0 Å². The molecule has 0 amide bonds. The van der Waals surface area contributed by atoms with E-state index in [-0.39, 0.29) is 5.78 Å². The minimum absolute atomic E-state index is 0.249. The molecule has 1 N–H and O–H groups in total. The summed E-state index contributed by atoms with van der Waals surface area (Å²) in [4.78, 5) is 11.4. The second kappa shape index (κ2) is 4.14. The average Bonchev–Trinajstić information content (AvgIpc) is 2.46. The first-order valence-electron chi connectivity index (χ1n) is 5.49. The molecule has 0 aliphatic carbocycles. The van der Waals surface area contributed by atoms with E-state index >= 15 is 0 Å². The standard InChI is InChI=1S/C12H17NO/c1-2-3-12(14)8-9-6-10-4-5-11(7-9)13-10/h1,9-11,13H,3-8H2. The Morgan fingerprint density at radius 2 is 2.00 bits per heavy atom. The fourth-order valence-electron chi connectivity index (χ4n) is 2.85. The Kier molecular flexibility index (Phi) is 2.88. The van der Waals surface area contributed by atoms with Crippen LogP contribution in [-0.2, 0) is 4.79 Å². The maximum atomic E-state index is 11.4. The van der Waals surface area contributed by atoms with Gasteiger partial charge in [-0.05, 0) is 31.6 Å². The Bertz CT molecular complexity index is 254. The average molecular weight is 191 g/mol. The monoisotopic (exact) mass is 191 g/mol. The van der Waals surface area contributed by atoms with Gasteiger partial charge in [-0.15, -0.1) is 6.42 Å². The molecule has 2 fully saturated rings. The van der Waals surface area contributed by atoms with Crippen molar-refractivity contribution in [3.63, 3.8) is 0 Å². The predicted molar refractivity (Wildman–Crippen MR) is 55.7 cm³/mol. The molecule has 0 aromatic rings. The van der Waals surface area contributed by atoms with Crippen molar-refractivity contribution in [1.82, 2.24) is 5.32 Å². The van der Waals surface area contributed by atoms with Gasteiger partial charge in [0.05, 0.1) is 6.42 Å². The van der Waals surface area contributed by atoms with Crippen molar-refractivity contribution in [3.05, 3.63) is 0 Å². The van der Waals surface area contributed by atoms with Crippen molar-refractivity contribution in [1.29, 1.82) is 0 Å². The van der Waals surface area contributed by atoms with Crippen LogP contribution in [-0.4, -0.2) is 17.9 Å². The van der Waals surface area contributed by atoms with Gasteiger partial charge in [-0.1, -0.05) is 5.92 Å². The lowest BCUT2D eigenvalue weighted by molar-refractivity contribution is -0.119. The zero-order valence-electron chi connectivity index (χ0n) is 8.46. The highest BCUT2D eigenvalue weighted by molar-refractivity contribution is 5.80. The summed E-state index contributed by atoms with van der Waals surface area (Å²) >= 11 is 0. The van der Waals surface area contributed by atoms with Gasteiger partial charge >= 0.3 is 0 Å². The molecule has 2 nitrogen and oxygen atoms in total. The number of rotatable bonds is 3.